The number of non-ortho nitro benzene ring substituents is 1. The lowest BCUT2D eigenvalue weighted by Gasteiger charge is -2.12. The number of carbonyl (C=O) groups is 1. The van der Waals surface area contributed by atoms with E-state index in [0.717, 1.165) is 16.6 Å². The summed E-state index contributed by atoms with van der Waals surface area (Å²) < 4.78 is 5.10. The number of rotatable bonds is 8. The van der Waals surface area contributed by atoms with E-state index in [-0.39, 0.29) is 11.4 Å². The summed E-state index contributed by atoms with van der Waals surface area (Å²) in [7, 11) is 1.38. The molecule has 30 heavy (non-hydrogen) atoms. The molecule has 0 unspecified atom stereocenters. The van der Waals surface area contributed by atoms with Gasteiger partial charge in [-0.15, -0.1) is 0 Å². The second kappa shape index (κ2) is 9.75. The number of carbonyl (C=O) groups excluding carboxylic acids is 1. The minimum atomic E-state index is -0.528. The number of pyridine rings is 1. The van der Waals surface area contributed by atoms with Crippen LogP contribution in [-0.4, -0.2) is 36.1 Å². The summed E-state index contributed by atoms with van der Waals surface area (Å²) >= 11 is 6.00. The maximum atomic E-state index is 12.1. The summed E-state index contributed by atoms with van der Waals surface area (Å²) in [6.45, 7) is 1.08. The Bertz CT molecular complexity index is 1080. The number of nitrogens with zero attached hydrogens (tertiary/aromatic N) is 2. The lowest BCUT2D eigenvalue weighted by atomic mass is 10.2. The first-order valence-corrected chi connectivity index (χ1v) is 9.51. The highest BCUT2D eigenvalue weighted by Crippen LogP contribution is 2.29. The van der Waals surface area contributed by atoms with Gasteiger partial charge in [0.25, 0.3) is 5.69 Å². The van der Waals surface area contributed by atoms with Crippen LogP contribution in [0, 0.1) is 10.1 Å². The lowest BCUT2D eigenvalue weighted by molar-refractivity contribution is -0.384. The highest BCUT2D eigenvalue weighted by molar-refractivity contribution is 6.31. The Morgan fingerprint density at radius 3 is 2.77 bits per heavy atom. The van der Waals surface area contributed by atoms with Crippen molar-refractivity contribution in [3.8, 4) is 5.75 Å². The van der Waals surface area contributed by atoms with Crippen LogP contribution in [0.3, 0.4) is 0 Å². The monoisotopic (exact) mass is 429 g/mol. The van der Waals surface area contributed by atoms with Crippen LogP contribution in [0.2, 0.25) is 5.02 Å². The zero-order valence-corrected chi connectivity index (χ0v) is 16.9. The van der Waals surface area contributed by atoms with Gasteiger partial charge in [0, 0.05) is 41.4 Å². The number of nitro benzene ring substituents is 1. The molecule has 3 aromatic rings. The van der Waals surface area contributed by atoms with E-state index >= 15 is 0 Å². The highest BCUT2D eigenvalue weighted by atomic mass is 35.5. The van der Waals surface area contributed by atoms with Gasteiger partial charge in [-0.25, -0.2) is 4.79 Å². The summed E-state index contributed by atoms with van der Waals surface area (Å²) in [5.41, 5.74) is 1.98. The number of methoxy groups -OCH3 is 1. The van der Waals surface area contributed by atoms with Crippen molar-refractivity contribution in [2.45, 2.75) is 6.42 Å². The Morgan fingerprint density at radius 2 is 2.00 bits per heavy atom. The quantitative estimate of drug-likeness (QED) is 0.277. The van der Waals surface area contributed by atoms with Crippen molar-refractivity contribution in [2.75, 3.05) is 30.8 Å². The zero-order chi connectivity index (χ0) is 21.5. The predicted octanol–water partition coefficient (Wildman–Crippen LogP) is 4.43. The van der Waals surface area contributed by atoms with Crippen molar-refractivity contribution in [3.63, 3.8) is 0 Å². The number of anilines is 2. The van der Waals surface area contributed by atoms with Gasteiger partial charge in [-0.05, 0) is 36.8 Å². The molecule has 0 saturated heterocycles. The molecule has 3 N–H and O–H groups in total. The van der Waals surface area contributed by atoms with Crippen molar-refractivity contribution >= 4 is 45.6 Å². The van der Waals surface area contributed by atoms with Gasteiger partial charge >= 0.3 is 6.03 Å². The fourth-order valence-corrected chi connectivity index (χ4v) is 3.02. The molecule has 0 fully saturated rings. The second-order valence-corrected chi connectivity index (χ2v) is 6.76. The van der Waals surface area contributed by atoms with Gasteiger partial charge in [-0.1, -0.05) is 11.6 Å². The number of halogens is 1. The van der Waals surface area contributed by atoms with Gasteiger partial charge in [0.2, 0.25) is 0 Å². The van der Waals surface area contributed by atoms with Crippen molar-refractivity contribution in [3.05, 3.63) is 63.8 Å². The molecule has 0 spiro atoms. The van der Waals surface area contributed by atoms with Gasteiger partial charge in [0.15, 0.2) is 0 Å². The molecule has 3 rings (SSSR count). The number of urea groups is 1. The normalized spacial score (nSPS) is 10.5. The molecule has 0 saturated carbocycles. The zero-order valence-electron chi connectivity index (χ0n) is 16.1. The van der Waals surface area contributed by atoms with Crippen LogP contribution in [0.5, 0.6) is 5.75 Å². The number of hydrogen-bond donors (Lipinski definition) is 3. The first-order valence-electron chi connectivity index (χ1n) is 9.13. The molecule has 0 atom stereocenters. The van der Waals surface area contributed by atoms with Crippen LogP contribution >= 0.6 is 11.6 Å². The third kappa shape index (κ3) is 5.26. The minimum absolute atomic E-state index is 0.116. The number of benzene rings is 2. The predicted molar refractivity (Wildman–Crippen MR) is 117 cm³/mol. The average Bonchev–Trinajstić information content (AvgIpc) is 2.73. The Hall–Kier alpha value is -3.59. The number of nitro groups is 1. The van der Waals surface area contributed by atoms with Crippen molar-refractivity contribution < 1.29 is 14.5 Å². The molecule has 1 heterocycles. The molecule has 2 amide bonds. The van der Waals surface area contributed by atoms with Crippen LogP contribution in [0.15, 0.2) is 48.7 Å². The number of nitrogens with one attached hydrogen (secondary N) is 3. The Kier molecular flexibility index (Phi) is 6.87. The van der Waals surface area contributed by atoms with E-state index in [0.29, 0.717) is 30.2 Å². The van der Waals surface area contributed by atoms with Crippen LogP contribution in [0.25, 0.3) is 10.9 Å². The SMILES string of the molecule is COc1cc([N+](=O)[O-])ccc1NC(=O)NCCCNc1ccnc2cc(Cl)ccc12. The molecular weight excluding hydrogens is 410 g/mol. The summed E-state index contributed by atoms with van der Waals surface area (Å²) in [5.74, 6) is 0.214. The van der Waals surface area contributed by atoms with E-state index in [1.54, 1.807) is 12.3 Å². The Balaban J connectivity index is 1.47. The van der Waals surface area contributed by atoms with Crippen LogP contribution in [-0.2, 0) is 0 Å². The van der Waals surface area contributed by atoms with Crippen LogP contribution in [0.4, 0.5) is 21.9 Å². The number of ether oxygens (including phenoxy) is 1. The first kappa shape index (κ1) is 21.1. The summed E-state index contributed by atoms with van der Waals surface area (Å²) in [5, 5.41) is 21.1. The molecule has 156 valence electrons. The summed E-state index contributed by atoms with van der Waals surface area (Å²) in [6, 6.07) is 11.0. The molecule has 0 aliphatic heterocycles. The molecule has 0 radical (unpaired) electrons. The topological polar surface area (TPSA) is 118 Å². The lowest BCUT2D eigenvalue weighted by Crippen LogP contribution is -2.30. The molecule has 0 bridgehead atoms. The fraction of sp³-hybridized carbons (Fsp3) is 0.200. The Morgan fingerprint density at radius 1 is 1.17 bits per heavy atom. The molecule has 0 aliphatic rings. The molecule has 10 heteroatoms. The maximum Gasteiger partial charge on any atom is 0.319 e. The number of aromatic nitrogens is 1. The highest BCUT2D eigenvalue weighted by Gasteiger charge is 2.13. The summed E-state index contributed by atoms with van der Waals surface area (Å²) in [4.78, 5) is 26.7. The third-order valence-electron chi connectivity index (χ3n) is 4.30. The van der Waals surface area contributed by atoms with Crippen molar-refractivity contribution in [1.82, 2.24) is 10.3 Å². The van der Waals surface area contributed by atoms with E-state index in [4.69, 9.17) is 16.3 Å². The maximum absolute atomic E-state index is 12.1. The van der Waals surface area contributed by atoms with Gasteiger partial charge in [0.05, 0.1) is 29.3 Å². The largest absolute Gasteiger partial charge is 0.494 e. The van der Waals surface area contributed by atoms with Gasteiger partial charge < -0.3 is 20.7 Å². The second-order valence-electron chi connectivity index (χ2n) is 6.32. The van der Waals surface area contributed by atoms with Gasteiger partial charge in [-0.3, -0.25) is 15.1 Å². The van der Waals surface area contributed by atoms with Crippen LogP contribution < -0.4 is 20.7 Å². The van der Waals surface area contributed by atoms with Gasteiger partial charge in [0.1, 0.15) is 5.75 Å². The van der Waals surface area contributed by atoms with E-state index in [2.05, 4.69) is 20.9 Å². The molecule has 0 aliphatic carbocycles. The van der Waals surface area contributed by atoms with E-state index in [1.807, 2.05) is 18.2 Å². The number of amides is 2. The summed E-state index contributed by atoms with van der Waals surface area (Å²) in [6.07, 6.45) is 2.40. The van der Waals surface area contributed by atoms with Crippen LogP contribution in [0.1, 0.15) is 6.42 Å². The number of hydrogen-bond acceptors (Lipinski definition) is 6. The minimum Gasteiger partial charge on any atom is -0.494 e. The van der Waals surface area contributed by atoms with E-state index in [1.165, 1.54) is 25.3 Å². The Labute approximate surface area is 177 Å². The molecule has 9 nitrogen and oxygen atoms in total. The molecule has 1 aromatic heterocycles. The first-order chi connectivity index (χ1) is 14.5. The number of fused-ring (bicyclic) bond motifs is 1. The fourth-order valence-electron chi connectivity index (χ4n) is 2.85. The smallest absolute Gasteiger partial charge is 0.319 e. The van der Waals surface area contributed by atoms with E-state index in [9.17, 15) is 14.9 Å². The molecule has 2 aromatic carbocycles. The van der Waals surface area contributed by atoms with Gasteiger partial charge in [-0.2, -0.15) is 0 Å². The van der Waals surface area contributed by atoms with E-state index < -0.39 is 11.0 Å². The van der Waals surface area contributed by atoms with Crippen molar-refractivity contribution in [2.24, 2.45) is 0 Å². The van der Waals surface area contributed by atoms with Crippen molar-refractivity contribution in [1.29, 1.82) is 0 Å². The molecular formula is C20H20ClN5O4. The average molecular weight is 430 g/mol. The standard InChI is InChI=1S/C20H20ClN5O4/c1-30-19-12-14(26(28)29)4-6-17(19)25-20(27)24-9-2-8-22-16-7-10-23-18-11-13(21)3-5-15(16)18/h3-7,10-12H,2,8-9H2,1H3,(H,22,23)(H2,24,25,27). The third-order valence-corrected chi connectivity index (χ3v) is 4.54.